The zero-order valence-electron chi connectivity index (χ0n) is 18.1. The van der Waals surface area contributed by atoms with Gasteiger partial charge >= 0.3 is 0 Å². The fraction of sp³-hybridized carbons (Fsp3) is 0.240. The molecule has 0 spiro atoms. The fourth-order valence-corrected chi connectivity index (χ4v) is 5.43. The molecular weight excluding hydrogens is 454 g/mol. The molecule has 2 amide bonds. The van der Waals surface area contributed by atoms with Crippen LogP contribution in [0.25, 0.3) is 0 Å². The van der Waals surface area contributed by atoms with Crippen molar-refractivity contribution in [3.8, 4) is 5.75 Å². The number of nitrogens with one attached hydrogen (secondary N) is 2. The van der Waals surface area contributed by atoms with Gasteiger partial charge in [-0.3, -0.25) is 14.9 Å². The predicted octanol–water partition coefficient (Wildman–Crippen LogP) is 4.82. The monoisotopic (exact) mass is 479 g/mol. The van der Waals surface area contributed by atoms with Crippen molar-refractivity contribution in [3.05, 3.63) is 81.7 Å². The number of nitrogens with two attached hydrogens (primary N) is 1. The fourth-order valence-electron chi connectivity index (χ4n) is 3.87. The van der Waals surface area contributed by atoms with Crippen LogP contribution in [0.2, 0.25) is 0 Å². The van der Waals surface area contributed by atoms with Gasteiger partial charge in [0.25, 0.3) is 11.8 Å². The molecular formula is C25H25N3O3S2. The lowest BCUT2D eigenvalue weighted by atomic mass is 10.1. The number of carbonyl (C=O) groups is 2. The molecule has 4 N–H and O–H groups in total. The molecule has 6 nitrogen and oxygen atoms in total. The molecule has 2 aromatic carbocycles. The number of hydrogen-bond donors (Lipinski definition) is 3. The largest absolute Gasteiger partial charge is 0.489 e. The third-order valence-electron chi connectivity index (χ3n) is 5.47. The minimum absolute atomic E-state index is 0.120. The zero-order valence-corrected chi connectivity index (χ0v) is 19.7. The van der Waals surface area contributed by atoms with Crippen molar-refractivity contribution in [2.45, 2.75) is 38.7 Å². The summed E-state index contributed by atoms with van der Waals surface area (Å²) >= 11 is 6.85. The Labute approximate surface area is 202 Å². The molecule has 170 valence electrons. The highest BCUT2D eigenvalue weighted by Crippen LogP contribution is 2.37. The first-order chi connectivity index (χ1) is 16.0. The van der Waals surface area contributed by atoms with Gasteiger partial charge in [-0.2, -0.15) is 0 Å². The van der Waals surface area contributed by atoms with Gasteiger partial charge in [-0.05, 0) is 67.2 Å². The molecule has 3 aromatic rings. The SMILES string of the molecule is NC(=O)c1c(NC(=S)NC(=O)c2cccc(OCc3ccccc3)c2)sc2c1CCCCC2. The van der Waals surface area contributed by atoms with Crippen LogP contribution in [0.15, 0.2) is 54.6 Å². The number of fused-ring (bicyclic) bond motifs is 1. The molecule has 1 aliphatic carbocycles. The summed E-state index contributed by atoms with van der Waals surface area (Å²) in [6.45, 7) is 0.408. The summed E-state index contributed by atoms with van der Waals surface area (Å²) in [6, 6.07) is 16.7. The van der Waals surface area contributed by atoms with Crippen molar-refractivity contribution in [1.29, 1.82) is 0 Å². The molecule has 4 rings (SSSR count). The van der Waals surface area contributed by atoms with Crippen molar-refractivity contribution in [1.82, 2.24) is 5.32 Å². The number of amides is 2. The summed E-state index contributed by atoms with van der Waals surface area (Å²) in [5.74, 6) is -0.255. The molecule has 0 fully saturated rings. The van der Waals surface area contributed by atoms with Crippen LogP contribution in [0.1, 0.15) is 56.0 Å². The first-order valence-corrected chi connectivity index (χ1v) is 12.1. The van der Waals surface area contributed by atoms with E-state index in [0.717, 1.165) is 43.2 Å². The van der Waals surface area contributed by atoms with E-state index in [-0.39, 0.29) is 11.0 Å². The van der Waals surface area contributed by atoms with Crippen LogP contribution in [-0.2, 0) is 19.4 Å². The van der Waals surface area contributed by atoms with Crippen LogP contribution in [0.3, 0.4) is 0 Å². The number of rotatable bonds is 6. The number of aryl methyl sites for hydroxylation is 1. The van der Waals surface area contributed by atoms with E-state index < -0.39 is 5.91 Å². The number of ether oxygens (including phenoxy) is 1. The van der Waals surface area contributed by atoms with Crippen molar-refractivity contribution in [3.63, 3.8) is 0 Å². The second kappa shape index (κ2) is 10.6. The topological polar surface area (TPSA) is 93.5 Å². The molecule has 0 saturated heterocycles. The van der Waals surface area contributed by atoms with Gasteiger partial charge in [0.1, 0.15) is 17.4 Å². The van der Waals surface area contributed by atoms with Crippen LogP contribution in [0.4, 0.5) is 5.00 Å². The van der Waals surface area contributed by atoms with Gasteiger partial charge in [-0.25, -0.2) is 0 Å². The van der Waals surface area contributed by atoms with E-state index in [9.17, 15) is 9.59 Å². The lowest BCUT2D eigenvalue weighted by Gasteiger charge is -2.11. The number of hydrogen-bond acceptors (Lipinski definition) is 5. The van der Waals surface area contributed by atoms with E-state index in [2.05, 4.69) is 10.6 Å². The average Bonchev–Trinajstić information content (AvgIpc) is 2.99. The Bertz CT molecular complexity index is 1170. The van der Waals surface area contributed by atoms with Crippen LogP contribution in [0, 0.1) is 0 Å². The number of anilines is 1. The van der Waals surface area contributed by atoms with Gasteiger partial charge in [0.15, 0.2) is 5.11 Å². The van der Waals surface area contributed by atoms with Crippen LogP contribution in [-0.4, -0.2) is 16.9 Å². The number of benzene rings is 2. The van der Waals surface area contributed by atoms with Gasteiger partial charge in [-0.1, -0.05) is 42.8 Å². The second-order valence-electron chi connectivity index (χ2n) is 7.84. The summed E-state index contributed by atoms with van der Waals surface area (Å²) in [4.78, 5) is 26.1. The normalized spacial score (nSPS) is 12.8. The smallest absolute Gasteiger partial charge is 0.257 e. The van der Waals surface area contributed by atoms with Crippen molar-refractivity contribution in [2.75, 3.05) is 5.32 Å². The van der Waals surface area contributed by atoms with Crippen LogP contribution in [0.5, 0.6) is 5.75 Å². The van der Waals surface area contributed by atoms with Gasteiger partial charge in [0, 0.05) is 10.4 Å². The van der Waals surface area contributed by atoms with Crippen molar-refractivity contribution >= 4 is 45.5 Å². The van der Waals surface area contributed by atoms with Gasteiger partial charge in [-0.15, -0.1) is 11.3 Å². The lowest BCUT2D eigenvalue weighted by Crippen LogP contribution is -2.34. The van der Waals surface area contributed by atoms with Gasteiger partial charge < -0.3 is 15.8 Å². The average molecular weight is 480 g/mol. The third kappa shape index (κ3) is 5.77. The molecule has 0 aliphatic heterocycles. The Balaban J connectivity index is 1.41. The highest BCUT2D eigenvalue weighted by atomic mass is 32.1. The molecule has 0 saturated carbocycles. The molecule has 0 bridgehead atoms. The molecule has 8 heteroatoms. The van der Waals surface area contributed by atoms with E-state index in [1.54, 1.807) is 24.3 Å². The summed E-state index contributed by atoms with van der Waals surface area (Å²) in [5.41, 5.74) is 8.64. The summed E-state index contributed by atoms with van der Waals surface area (Å²) in [6.07, 6.45) is 5.03. The van der Waals surface area contributed by atoms with Crippen LogP contribution < -0.4 is 21.1 Å². The summed E-state index contributed by atoms with van der Waals surface area (Å²) < 4.78 is 5.80. The Morgan fingerprint density at radius 3 is 2.61 bits per heavy atom. The number of thiocarbonyl (C=S) groups is 1. The molecule has 33 heavy (non-hydrogen) atoms. The predicted molar refractivity (Wildman–Crippen MR) is 135 cm³/mol. The maximum atomic E-state index is 12.7. The first-order valence-electron chi connectivity index (χ1n) is 10.8. The standard InChI is InChI=1S/C25H25N3O3S2/c26-22(29)21-19-12-5-2-6-13-20(19)33-24(21)28-25(32)27-23(30)17-10-7-11-18(14-17)31-15-16-8-3-1-4-9-16/h1,3-4,7-11,14H,2,5-6,12-13,15H2,(H2,26,29)(H2,27,28,30,32). The highest BCUT2D eigenvalue weighted by molar-refractivity contribution is 7.80. The molecule has 1 aromatic heterocycles. The van der Waals surface area contributed by atoms with E-state index in [1.165, 1.54) is 16.2 Å². The first kappa shape index (κ1) is 22.9. The van der Waals surface area contributed by atoms with E-state index >= 15 is 0 Å². The molecule has 0 radical (unpaired) electrons. The van der Waals surface area contributed by atoms with E-state index in [1.807, 2.05) is 30.3 Å². The Hall–Kier alpha value is -3.23. The Morgan fingerprint density at radius 1 is 1.03 bits per heavy atom. The maximum absolute atomic E-state index is 12.7. The quantitative estimate of drug-likeness (QED) is 0.348. The molecule has 1 aliphatic rings. The molecule has 1 heterocycles. The van der Waals surface area contributed by atoms with Crippen LogP contribution >= 0.6 is 23.6 Å². The second-order valence-corrected chi connectivity index (χ2v) is 9.36. The Kier molecular flexibility index (Phi) is 7.36. The maximum Gasteiger partial charge on any atom is 0.257 e. The number of thiophene rings is 1. The lowest BCUT2D eigenvalue weighted by molar-refractivity contribution is 0.0975. The summed E-state index contributed by atoms with van der Waals surface area (Å²) in [5, 5.41) is 6.42. The van der Waals surface area contributed by atoms with Crippen molar-refractivity contribution < 1.29 is 14.3 Å². The highest BCUT2D eigenvalue weighted by Gasteiger charge is 2.24. The zero-order chi connectivity index (χ0) is 23.2. The third-order valence-corrected chi connectivity index (χ3v) is 6.88. The van der Waals surface area contributed by atoms with Gasteiger partial charge in [0.05, 0.1) is 5.56 Å². The van der Waals surface area contributed by atoms with E-state index in [4.69, 9.17) is 22.7 Å². The minimum Gasteiger partial charge on any atom is -0.489 e. The number of carbonyl (C=O) groups excluding carboxylic acids is 2. The summed E-state index contributed by atoms with van der Waals surface area (Å²) in [7, 11) is 0. The Morgan fingerprint density at radius 2 is 1.82 bits per heavy atom. The molecule has 0 atom stereocenters. The number of primary amides is 1. The van der Waals surface area contributed by atoms with Crippen molar-refractivity contribution in [2.24, 2.45) is 5.73 Å². The van der Waals surface area contributed by atoms with Gasteiger partial charge in [0.2, 0.25) is 0 Å². The minimum atomic E-state index is -0.478. The van der Waals surface area contributed by atoms with E-state index in [0.29, 0.717) is 28.5 Å². The molecule has 0 unspecified atom stereocenters.